The van der Waals surface area contributed by atoms with E-state index < -0.39 is 5.91 Å². The molecular formula is C8H8N6O. The number of aromatic nitrogens is 4. The molecule has 0 saturated heterocycles. The SMILES string of the molecule is NC(=O)c1ccc(-n2cc(N)cn2)nn1. The molecule has 0 unspecified atom stereocenters. The summed E-state index contributed by atoms with van der Waals surface area (Å²) < 4.78 is 1.45. The molecule has 0 saturated carbocycles. The molecule has 2 aromatic heterocycles. The van der Waals surface area contributed by atoms with Crippen LogP contribution in [-0.2, 0) is 0 Å². The highest BCUT2D eigenvalue weighted by Gasteiger charge is 2.04. The molecule has 0 aliphatic rings. The van der Waals surface area contributed by atoms with E-state index in [1.165, 1.54) is 16.9 Å². The topological polar surface area (TPSA) is 113 Å². The van der Waals surface area contributed by atoms with Crippen LogP contribution in [0.1, 0.15) is 10.5 Å². The molecule has 7 nitrogen and oxygen atoms in total. The van der Waals surface area contributed by atoms with Crippen molar-refractivity contribution in [1.29, 1.82) is 0 Å². The van der Waals surface area contributed by atoms with Gasteiger partial charge in [-0.1, -0.05) is 0 Å². The van der Waals surface area contributed by atoms with Gasteiger partial charge in [0.1, 0.15) is 0 Å². The van der Waals surface area contributed by atoms with Crippen LogP contribution in [-0.4, -0.2) is 25.9 Å². The summed E-state index contributed by atoms with van der Waals surface area (Å²) in [5.74, 6) is -0.147. The van der Waals surface area contributed by atoms with E-state index in [0.717, 1.165) is 0 Å². The number of amides is 1. The second-order valence-electron chi connectivity index (χ2n) is 2.86. The van der Waals surface area contributed by atoms with E-state index in [2.05, 4.69) is 15.3 Å². The predicted octanol–water partition coefficient (Wildman–Crippen LogP) is -0.657. The molecule has 15 heavy (non-hydrogen) atoms. The van der Waals surface area contributed by atoms with E-state index >= 15 is 0 Å². The van der Waals surface area contributed by atoms with Crippen LogP contribution in [0.25, 0.3) is 5.82 Å². The molecule has 2 heterocycles. The molecule has 0 atom stereocenters. The van der Waals surface area contributed by atoms with Crippen LogP contribution >= 0.6 is 0 Å². The molecule has 2 rings (SSSR count). The number of hydrogen-bond acceptors (Lipinski definition) is 5. The van der Waals surface area contributed by atoms with Crippen molar-refractivity contribution in [2.75, 3.05) is 5.73 Å². The van der Waals surface area contributed by atoms with Crippen LogP contribution in [0.2, 0.25) is 0 Å². The molecule has 0 fully saturated rings. The molecule has 2 aromatic rings. The van der Waals surface area contributed by atoms with Crippen LogP contribution < -0.4 is 11.5 Å². The molecule has 0 aliphatic heterocycles. The minimum Gasteiger partial charge on any atom is -0.396 e. The van der Waals surface area contributed by atoms with E-state index in [4.69, 9.17) is 11.5 Å². The fourth-order valence-electron chi connectivity index (χ4n) is 1.04. The maximum Gasteiger partial charge on any atom is 0.269 e. The van der Waals surface area contributed by atoms with Crippen molar-refractivity contribution in [2.45, 2.75) is 0 Å². The highest BCUT2D eigenvalue weighted by atomic mass is 16.1. The lowest BCUT2D eigenvalue weighted by Crippen LogP contribution is -2.14. The van der Waals surface area contributed by atoms with E-state index in [1.54, 1.807) is 12.3 Å². The lowest BCUT2D eigenvalue weighted by molar-refractivity contribution is 0.0994. The predicted molar refractivity (Wildman–Crippen MR) is 52.1 cm³/mol. The van der Waals surface area contributed by atoms with Crippen molar-refractivity contribution in [2.24, 2.45) is 5.73 Å². The van der Waals surface area contributed by atoms with Gasteiger partial charge >= 0.3 is 0 Å². The maximum absolute atomic E-state index is 10.7. The highest BCUT2D eigenvalue weighted by molar-refractivity contribution is 5.90. The van der Waals surface area contributed by atoms with Gasteiger partial charge in [0.2, 0.25) is 0 Å². The normalized spacial score (nSPS) is 10.1. The summed E-state index contributed by atoms with van der Waals surface area (Å²) in [6.45, 7) is 0. The standard InChI is InChI=1S/C8H8N6O/c9-5-3-11-14(4-5)7-2-1-6(8(10)15)12-13-7/h1-4H,9H2,(H2,10,15). The molecule has 7 heteroatoms. The van der Waals surface area contributed by atoms with Gasteiger partial charge in [0.15, 0.2) is 11.5 Å². The Morgan fingerprint density at radius 3 is 2.60 bits per heavy atom. The maximum atomic E-state index is 10.7. The second-order valence-corrected chi connectivity index (χ2v) is 2.86. The number of hydrogen-bond donors (Lipinski definition) is 2. The van der Waals surface area contributed by atoms with Crippen molar-refractivity contribution in [1.82, 2.24) is 20.0 Å². The first-order valence-electron chi connectivity index (χ1n) is 4.11. The number of carbonyl (C=O) groups is 1. The Bertz CT molecular complexity index is 488. The summed E-state index contributed by atoms with van der Waals surface area (Å²) in [5, 5.41) is 11.3. The van der Waals surface area contributed by atoms with Gasteiger partial charge in [0, 0.05) is 0 Å². The molecule has 76 valence electrons. The van der Waals surface area contributed by atoms with Gasteiger partial charge in [0.05, 0.1) is 18.1 Å². The van der Waals surface area contributed by atoms with Crippen molar-refractivity contribution in [3.63, 3.8) is 0 Å². The first-order valence-corrected chi connectivity index (χ1v) is 4.11. The number of nitrogens with two attached hydrogens (primary N) is 2. The molecule has 1 amide bonds. The largest absolute Gasteiger partial charge is 0.396 e. The Balaban J connectivity index is 2.35. The monoisotopic (exact) mass is 204 g/mol. The molecule has 0 spiro atoms. The number of anilines is 1. The lowest BCUT2D eigenvalue weighted by Gasteiger charge is -1.98. The van der Waals surface area contributed by atoms with Crippen molar-refractivity contribution in [3.8, 4) is 5.82 Å². The molecule has 4 N–H and O–H groups in total. The zero-order chi connectivity index (χ0) is 10.8. The Morgan fingerprint density at radius 1 is 1.33 bits per heavy atom. The van der Waals surface area contributed by atoms with Crippen LogP contribution in [0.3, 0.4) is 0 Å². The average Bonchev–Trinajstić information content (AvgIpc) is 2.65. The van der Waals surface area contributed by atoms with Crippen LogP contribution in [0.4, 0.5) is 5.69 Å². The number of carbonyl (C=O) groups excluding carboxylic acids is 1. The van der Waals surface area contributed by atoms with Gasteiger partial charge in [-0.2, -0.15) is 5.10 Å². The van der Waals surface area contributed by atoms with Crippen molar-refractivity contribution >= 4 is 11.6 Å². The van der Waals surface area contributed by atoms with Gasteiger partial charge < -0.3 is 11.5 Å². The zero-order valence-electron chi connectivity index (χ0n) is 7.66. The Hall–Kier alpha value is -2.44. The van der Waals surface area contributed by atoms with E-state index in [9.17, 15) is 4.79 Å². The first-order chi connectivity index (χ1) is 7.16. The third kappa shape index (κ3) is 1.75. The third-order valence-corrected chi connectivity index (χ3v) is 1.74. The fraction of sp³-hybridized carbons (Fsp3) is 0. The Labute approximate surface area is 84.7 Å². The number of nitrogen functional groups attached to an aromatic ring is 1. The van der Waals surface area contributed by atoms with Crippen LogP contribution in [0.15, 0.2) is 24.5 Å². The number of primary amides is 1. The van der Waals surface area contributed by atoms with Gasteiger partial charge in [-0.15, -0.1) is 10.2 Å². The summed E-state index contributed by atoms with van der Waals surface area (Å²) in [6, 6.07) is 3.06. The van der Waals surface area contributed by atoms with E-state index in [1.807, 2.05) is 0 Å². The van der Waals surface area contributed by atoms with Gasteiger partial charge in [0.25, 0.3) is 5.91 Å². The smallest absolute Gasteiger partial charge is 0.269 e. The quantitative estimate of drug-likeness (QED) is 0.674. The zero-order valence-corrected chi connectivity index (χ0v) is 7.66. The summed E-state index contributed by atoms with van der Waals surface area (Å²) in [4.78, 5) is 10.7. The molecular weight excluding hydrogens is 196 g/mol. The van der Waals surface area contributed by atoms with Crippen LogP contribution in [0, 0.1) is 0 Å². The number of nitrogens with zero attached hydrogens (tertiary/aromatic N) is 4. The van der Waals surface area contributed by atoms with E-state index in [0.29, 0.717) is 11.5 Å². The lowest BCUT2D eigenvalue weighted by atomic mass is 10.4. The van der Waals surface area contributed by atoms with Crippen LogP contribution in [0.5, 0.6) is 0 Å². The Morgan fingerprint density at radius 2 is 2.13 bits per heavy atom. The van der Waals surface area contributed by atoms with Gasteiger partial charge in [-0.25, -0.2) is 4.68 Å². The Kier molecular flexibility index (Phi) is 2.05. The third-order valence-electron chi connectivity index (χ3n) is 1.74. The number of rotatable bonds is 2. The molecule has 0 aliphatic carbocycles. The minimum atomic E-state index is -0.617. The summed E-state index contributed by atoms with van der Waals surface area (Å²) >= 11 is 0. The summed E-state index contributed by atoms with van der Waals surface area (Å²) in [6.07, 6.45) is 3.08. The summed E-state index contributed by atoms with van der Waals surface area (Å²) in [7, 11) is 0. The fourth-order valence-corrected chi connectivity index (χ4v) is 1.04. The first kappa shape index (κ1) is 9.13. The highest BCUT2D eigenvalue weighted by Crippen LogP contribution is 2.05. The molecule has 0 bridgehead atoms. The molecule has 0 aromatic carbocycles. The van der Waals surface area contributed by atoms with Crippen molar-refractivity contribution in [3.05, 3.63) is 30.2 Å². The summed E-state index contributed by atoms with van der Waals surface area (Å²) in [5.41, 5.74) is 11.1. The molecule has 0 radical (unpaired) electrons. The average molecular weight is 204 g/mol. The van der Waals surface area contributed by atoms with Crippen molar-refractivity contribution < 1.29 is 4.79 Å². The minimum absolute atomic E-state index is 0.110. The van der Waals surface area contributed by atoms with E-state index in [-0.39, 0.29) is 5.69 Å². The van der Waals surface area contributed by atoms with Gasteiger partial charge in [-0.05, 0) is 12.1 Å². The van der Waals surface area contributed by atoms with Gasteiger partial charge in [-0.3, -0.25) is 4.79 Å². The second kappa shape index (κ2) is 3.37.